The summed E-state index contributed by atoms with van der Waals surface area (Å²) >= 11 is 0. The minimum atomic E-state index is -0.885. The van der Waals surface area contributed by atoms with Crippen LogP contribution in [0.2, 0.25) is 0 Å². The fourth-order valence-electron chi connectivity index (χ4n) is 2.75. The Kier molecular flexibility index (Phi) is 5.00. The van der Waals surface area contributed by atoms with Crippen LogP contribution in [0.3, 0.4) is 0 Å². The molecule has 0 aromatic carbocycles. The first-order valence-corrected chi connectivity index (χ1v) is 8.01. The van der Waals surface area contributed by atoms with Gasteiger partial charge in [0.1, 0.15) is 5.60 Å². The minimum Gasteiger partial charge on any atom is -0.458 e. The zero-order valence-electron chi connectivity index (χ0n) is 14.5. The highest BCUT2D eigenvalue weighted by atomic mass is 16.6. The van der Waals surface area contributed by atoms with Crippen LogP contribution >= 0.6 is 0 Å². The first kappa shape index (κ1) is 18.0. The summed E-state index contributed by atoms with van der Waals surface area (Å²) in [6.07, 6.45) is 1.07. The normalized spacial score (nSPS) is 22.0. The van der Waals surface area contributed by atoms with Crippen molar-refractivity contribution in [1.29, 1.82) is 0 Å². The number of nitrogens with one attached hydrogen (secondary N) is 1. The van der Waals surface area contributed by atoms with Gasteiger partial charge in [-0.15, -0.1) is 0 Å². The maximum Gasteiger partial charge on any atom is 0.358 e. The Hall–Kier alpha value is -2.32. The molecule has 9 heteroatoms. The molecule has 0 unspecified atom stereocenters. The summed E-state index contributed by atoms with van der Waals surface area (Å²) in [4.78, 5) is 48.9. The fraction of sp³-hybridized carbons (Fsp3) is 0.733. The molecule has 0 aromatic rings. The zero-order valence-corrected chi connectivity index (χ0v) is 14.5. The van der Waals surface area contributed by atoms with Gasteiger partial charge in [0, 0.05) is 19.9 Å². The van der Waals surface area contributed by atoms with Gasteiger partial charge in [-0.25, -0.2) is 24.6 Å². The second-order valence-corrected chi connectivity index (χ2v) is 6.91. The lowest BCUT2D eigenvalue weighted by molar-refractivity contribution is -0.174. The van der Waals surface area contributed by atoms with Crippen molar-refractivity contribution in [2.75, 3.05) is 13.1 Å². The van der Waals surface area contributed by atoms with Gasteiger partial charge >= 0.3 is 12.0 Å². The number of nitrogens with zero attached hydrogens (tertiary/aromatic N) is 3. The quantitative estimate of drug-likeness (QED) is 0.734. The number of ether oxygens (including phenoxy) is 1. The molecule has 0 aromatic heterocycles. The third-order valence-electron chi connectivity index (χ3n) is 3.64. The Bertz CT molecular complexity index is 557. The molecule has 2 rings (SSSR count). The summed E-state index contributed by atoms with van der Waals surface area (Å²) < 4.78 is 5.39. The van der Waals surface area contributed by atoms with Crippen LogP contribution in [0.1, 0.15) is 47.0 Å². The van der Waals surface area contributed by atoms with Crippen molar-refractivity contribution in [2.45, 2.75) is 58.6 Å². The molecule has 2 saturated heterocycles. The molecular weight excluding hydrogens is 316 g/mol. The average Bonchev–Trinajstić information content (AvgIpc) is 2.57. The van der Waals surface area contributed by atoms with Crippen LogP contribution in [0.5, 0.6) is 0 Å². The summed E-state index contributed by atoms with van der Waals surface area (Å²) in [5.74, 6) is -1.24. The summed E-state index contributed by atoms with van der Waals surface area (Å²) in [5, 5.41) is 3.49. The van der Waals surface area contributed by atoms with Crippen LogP contribution < -0.4 is 5.43 Å². The average molecular weight is 340 g/mol. The van der Waals surface area contributed by atoms with Crippen molar-refractivity contribution in [1.82, 2.24) is 20.5 Å². The molecule has 2 aliphatic heterocycles. The van der Waals surface area contributed by atoms with E-state index in [4.69, 9.17) is 4.74 Å². The van der Waals surface area contributed by atoms with Crippen LogP contribution in [0, 0.1) is 0 Å². The van der Waals surface area contributed by atoms with Crippen LogP contribution in [0.15, 0.2) is 0 Å². The molecule has 1 atom stereocenters. The number of amides is 4. The molecule has 24 heavy (non-hydrogen) atoms. The lowest BCUT2D eigenvalue weighted by Gasteiger charge is -2.42. The highest BCUT2D eigenvalue weighted by Crippen LogP contribution is 2.25. The van der Waals surface area contributed by atoms with Crippen molar-refractivity contribution in [3.05, 3.63) is 0 Å². The summed E-state index contributed by atoms with van der Waals surface area (Å²) in [6.45, 7) is 6.92. The van der Waals surface area contributed by atoms with E-state index < -0.39 is 29.6 Å². The van der Waals surface area contributed by atoms with Gasteiger partial charge in [-0.05, 0) is 33.6 Å². The SMILES string of the molecule is CC(=O)NN1CCC(=O)N2CCC[C@@H](C(=O)OC(C)(C)C)N2C1=O. The molecule has 0 saturated carbocycles. The highest BCUT2D eigenvalue weighted by molar-refractivity contribution is 5.89. The maximum atomic E-state index is 12.8. The smallest absolute Gasteiger partial charge is 0.358 e. The third kappa shape index (κ3) is 3.95. The Morgan fingerprint density at radius 1 is 1.21 bits per heavy atom. The summed E-state index contributed by atoms with van der Waals surface area (Å²) in [7, 11) is 0. The van der Waals surface area contributed by atoms with Gasteiger partial charge < -0.3 is 4.74 Å². The van der Waals surface area contributed by atoms with E-state index in [2.05, 4.69) is 5.43 Å². The van der Waals surface area contributed by atoms with E-state index in [1.165, 1.54) is 11.9 Å². The van der Waals surface area contributed by atoms with Gasteiger partial charge in [0.25, 0.3) is 0 Å². The lowest BCUT2D eigenvalue weighted by atomic mass is 10.1. The van der Waals surface area contributed by atoms with Crippen molar-refractivity contribution in [3.8, 4) is 0 Å². The third-order valence-corrected chi connectivity index (χ3v) is 3.64. The van der Waals surface area contributed by atoms with Gasteiger partial charge in [0.15, 0.2) is 6.04 Å². The standard InChI is InChI=1S/C15H24N4O5/c1-10(20)16-17-9-7-12(21)18-8-5-6-11(19(18)14(17)23)13(22)24-15(2,3)4/h11H,5-9H2,1-4H3,(H,16,20)/t11-/m0/s1. The lowest BCUT2D eigenvalue weighted by Crippen LogP contribution is -2.63. The molecule has 1 N–H and O–H groups in total. The highest BCUT2D eigenvalue weighted by Gasteiger charge is 2.45. The van der Waals surface area contributed by atoms with E-state index >= 15 is 0 Å². The minimum absolute atomic E-state index is 0.0608. The predicted molar refractivity (Wildman–Crippen MR) is 83.0 cm³/mol. The van der Waals surface area contributed by atoms with Gasteiger partial charge in [-0.1, -0.05) is 0 Å². The maximum absolute atomic E-state index is 12.8. The number of hydrazine groups is 2. The van der Waals surface area contributed by atoms with Gasteiger partial charge in [-0.2, -0.15) is 0 Å². The van der Waals surface area contributed by atoms with E-state index in [-0.39, 0.29) is 18.9 Å². The Morgan fingerprint density at radius 3 is 2.46 bits per heavy atom. The molecule has 0 bridgehead atoms. The van der Waals surface area contributed by atoms with E-state index in [1.807, 2.05) is 0 Å². The Labute approximate surface area is 140 Å². The number of urea groups is 1. The molecule has 2 aliphatic rings. The molecular formula is C15H24N4O5. The van der Waals surface area contributed by atoms with Gasteiger partial charge in [-0.3, -0.25) is 15.0 Å². The number of rotatable bonds is 2. The van der Waals surface area contributed by atoms with Crippen molar-refractivity contribution in [2.24, 2.45) is 0 Å². The topological polar surface area (TPSA) is 99.3 Å². The first-order chi connectivity index (χ1) is 11.1. The monoisotopic (exact) mass is 340 g/mol. The zero-order chi connectivity index (χ0) is 18.1. The van der Waals surface area contributed by atoms with Crippen LogP contribution in [-0.4, -0.2) is 63.6 Å². The fourth-order valence-corrected chi connectivity index (χ4v) is 2.75. The largest absolute Gasteiger partial charge is 0.458 e. The number of hydrogen-bond acceptors (Lipinski definition) is 5. The second kappa shape index (κ2) is 6.66. The Balaban J connectivity index is 2.29. The number of esters is 1. The second-order valence-electron chi connectivity index (χ2n) is 6.91. The molecule has 9 nitrogen and oxygen atoms in total. The van der Waals surface area contributed by atoms with Crippen LogP contribution in [0.4, 0.5) is 4.79 Å². The van der Waals surface area contributed by atoms with Gasteiger partial charge in [0.2, 0.25) is 11.8 Å². The van der Waals surface area contributed by atoms with Crippen molar-refractivity contribution >= 4 is 23.8 Å². The first-order valence-electron chi connectivity index (χ1n) is 8.01. The van der Waals surface area contributed by atoms with E-state index in [0.29, 0.717) is 19.4 Å². The van der Waals surface area contributed by atoms with Crippen LogP contribution in [-0.2, 0) is 19.1 Å². The molecule has 0 spiro atoms. The van der Waals surface area contributed by atoms with Crippen molar-refractivity contribution in [3.63, 3.8) is 0 Å². The predicted octanol–water partition coefficient (Wildman–Crippen LogP) is 0.413. The molecule has 134 valence electrons. The number of hydrogen-bond donors (Lipinski definition) is 1. The summed E-state index contributed by atoms with van der Waals surface area (Å²) in [6, 6.07) is -1.49. The number of fused-ring (bicyclic) bond motifs is 1. The molecule has 2 heterocycles. The van der Waals surface area contributed by atoms with Crippen molar-refractivity contribution < 1.29 is 23.9 Å². The molecule has 0 aliphatic carbocycles. The van der Waals surface area contributed by atoms with Gasteiger partial charge in [0.05, 0.1) is 6.54 Å². The van der Waals surface area contributed by atoms with E-state index in [9.17, 15) is 19.2 Å². The van der Waals surface area contributed by atoms with E-state index in [0.717, 1.165) is 10.0 Å². The number of carbonyl (C=O) groups is 4. The van der Waals surface area contributed by atoms with E-state index in [1.54, 1.807) is 20.8 Å². The molecule has 2 fully saturated rings. The molecule has 4 amide bonds. The summed E-state index contributed by atoms with van der Waals surface area (Å²) in [5.41, 5.74) is 1.71. The molecule has 0 radical (unpaired) electrons. The number of carbonyl (C=O) groups excluding carboxylic acids is 4. The van der Waals surface area contributed by atoms with Crippen LogP contribution in [0.25, 0.3) is 0 Å². The Morgan fingerprint density at radius 2 is 1.88 bits per heavy atom.